The van der Waals surface area contributed by atoms with Gasteiger partial charge in [0.1, 0.15) is 0 Å². The van der Waals surface area contributed by atoms with Crippen LogP contribution >= 0.6 is 0 Å². The van der Waals surface area contributed by atoms with Gasteiger partial charge >= 0.3 is 0 Å². The normalized spacial score (nSPS) is 11.4. The Labute approximate surface area is 46.2 Å². The van der Waals surface area contributed by atoms with Gasteiger partial charge in [0.15, 0.2) is 0 Å². The molecule has 0 heterocycles. The summed E-state index contributed by atoms with van der Waals surface area (Å²) in [6.45, 7) is 7.79. The van der Waals surface area contributed by atoms with Gasteiger partial charge in [0, 0.05) is 0 Å². The summed E-state index contributed by atoms with van der Waals surface area (Å²) in [7, 11) is 0. The lowest BCUT2D eigenvalue weighted by atomic mass is 10.1. The Kier molecular flexibility index (Phi) is 3.77. The molecule has 0 bridgehead atoms. The first-order valence-corrected chi connectivity index (χ1v) is 2.50. The van der Waals surface area contributed by atoms with Gasteiger partial charge in [-0.3, -0.25) is 0 Å². The predicted molar refractivity (Wildman–Crippen MR) is 33.7 cm³/mol. The van der Waals surface area contributed by atoms with E-state index in [4.69, 9.17) is 0 Å². The fraction of sp³-hybridized carbons (Fsp3) is 0.429. The summed E-state index contributed by atoms with van der Waals surface area (Å²) in [5, 5.41) is 0. The van der Waals surface area contributed by atoms with Crippen molar-refractivity contribution in [1.29, 1.82) is 0 Å². The van der Waals surface area contributed by atoms with Gasteiger partial charge in [-0.05, 0) is 19.3 Å². The van der Waals surface area contributed by atoms with E-state index in [1.807, 2.05) is 6.08 Å². The first kappa shape index (κ1) is 6.74. The van der Waals surface area contributed by atoms with Gasteiger partial charge in [0.2, 0.25) is 0 Å². The highest BCUT2D eigenvalue weighted by Crippen LogP contribution is 2.01. The van der Waals surface area contributed by atoms with Crippen LogP contribution in [0.4, 0.5) is 0 Å². The Morgan fingerprint density at radius 2 is 2.14 bits per heavy atom. The van der Waals surface area contributed by atoms with Crippen LogP contribution < -0.4 is 0 Å². The van der Waals surface area contributed by atoms with Gasteiger partial charge in [0.25, 0.3) is 0 Å². The molecule has 0 aromatic carbocycles. The molecule has 2 radical (unpaired) electrons. The van der Waals surface area contributed by atoms with Crippen LogP contribution in [0.2, 0.25) is 0 Å². The van der Waals surface area contributed by atoms with Crippen LogP contribution in [0.15, 0.2) is 12.2 Å². The topological polar surface area (TPSA) is 0 Å². The molecule has 0 nitrogen and oxygen atoms in total. The lowest BCUT2D eigenvalue weighted by Gasteiger charge is -1.92. The van der Waals surface area contributed by atoms with Crippen LogP contribution in [0.1, 0.15) is 20.3 Å². The molecule has 0 N–H and O–H groups in total. The molecule has 0 heteroatoms. The SMILES string of the molecule is [CH2]C=CC[C](C)C. The third kappa shape index (κ3) is 5.74. The van der Waals surface area contributed by atoms with E-state index in [-0.39, 0.29) is 0 Å². The highest BCUT2D eigenvalue weighted by Gasteiger charge is 1.84. The molecule has 0 saturated carbocycles. The fourth-order valence-corrected chi connectivity index (χ4v) is 0.319. The minimum atomic E-state index is 1.07. The van der Waals surface area contributed by atoms with Gasteiger partial charge in [-0.25, -0.2) is 0 Å². The van der Waals surface area contributed by atoms with Gasteiger partial charge in [-0.2, -0.15) is 0 Å². The number of hydrogen-bond donors (Lipinski definition) is 0. The molecule has 0 amide bonds. The second-order valence-corrected chi connectivity index (χ2v) is 1.88. The van der Waals surface area contributed by atoms with Crippen LogP contribution in [0.25, 0.3) is 0 Å². The summed E-state index contributed by atoms with van der Waals surface area (Å²) in [4.78, 5) is 0. The average Bonchev–Trinajstić information content (AvgIpc) is 1.61. The van der Waals surface area contributed by atoms with Crippen LogP contribution in [-0.2, 0) is 0 Å². The summed E-state index contributed by atoms with van der Waals surface area (Å²) in [5.41, 5.74) is 0. The molecule has 0 unspecified atom stereocenters. The molecule has 7 heavy (non-hydrogen) atoms. The predicted octanol–water partition coefficient (Wildman–Crippen LogP) is 2.38. The maximum absolute atomic E-state index is 3.56. The maximum atomic E-state index is 3.56. The van der Waals surface area contributed by atoms with Crippen LogP contribution in [0.3, 0.4) is 0 Å². The van der Waals surface area contributed by atoms with Crippen molar-refractivity contribution in [3.8, 4) is 0 Å². The first-order valence-electron chi connectivity index (χ1n) is 2.50. The van der Waals surface area contributed by atoms with Crippen molar-refractivity contribution in [2.75, 3.05) is 0 Å². The molecule has 0 aliphatic heterocycles. The Hall–Kier alpha value is -0.260. The van der Waals surface area contributed by atoms with Gasteiger partial charge in [-0.15, -0.1) is 0 Å². The van der Waals surface area contributed by atoms with E-state index < -0.39 is 0 Å². The zero-order valence-electron chi connectivity index (χ0n) is 5.07. The summed E-state index contributed by atoms with van der Waals surface area (Å²) in [6.07, 6.45) is 4.95. The number of rotatable bonds is 2. The maximum Gasteiger partial charge on any atom is -0.0265 e. The second-order valence-electron chi connectivity index (χ2n) is 1.88. The van der Waals surface area contributed by atoms with Crippen molar-refractivity contribution in [1.82, 2.24) is 0 Å². The number of hydrogen-bond acceptors (Lipinski definition) is 0. The molecule has 0 rings (SSSR count). The molecule has 0 atom stereocenters. The zero-order chi connectivity index (χ0) is 5.70. The van der Waals surface area contributed by atoms with Crippen molar-refractivity contribution in [2.45, 2.75) is 20.3 Å². The van der Waals surface area contributed by atoms with Gasteiger partial charge in [-0.1, -0.05) is 26.0 Å². The van der Waals surface area contributed by atoms with Gasteiger partial charge in [0.05, 0.1) is 0 Å². The minimum Gasteiger partial charge on any atom is -0.0882 e. The zero-order valence-corrected chi connectivity index (χ0v) is 5.07. The number of allylic oxidation sites excluding steroid dienone is 2. The second kappa shape index (κ2) is 3.91. The summed E-state index contributed by atoms with van der Waals surface area (Å²) >= 11 is 0. The van der Waals surface area contributed by atoms with E-state index in [1.54, 1.807) is 0 Å². The Morgan fingerprint density at radius 1 is 1.57 bits per heavy atom. The largest absolute Gasteiger partial charge is 0.0882 e. The van der Waals surface area contributed by atoms with Crippen molar-refractivity contribution in [3.63, 3.8) is 0 Å². The molecule has 0 aliphatic carbocycles. The average molecular weight is 96.2 g/mol. The standard InChI is InChI=1S/C7H12/c1-4-5-6-7(2)3/h4-5H,1,6H2,2-3H3. The van der Waals surface area contributed by atoms with Crippen molar-refractivity contribution < 1.29 is 0 Å². The van der Waals surface area contributed by atoms with Gasteiger partial charge < -0.3 is 0 Å². The highest BCUT2D eigenvalue weighted by atomic mass is 13.9. The first-order chi connectivity index (χ1) is 3.27. The molecule has 0 fully saturated rings. The molecule has 0 aromatic rings. The molecular weight excluding hydrogens is 84.1 g/mol. The lowest BCUT2D eigenvalue weighted by Crippen LogP contribution is -1.76. The quantitative estimate of drug-likeness (QED) is 0.495. The molecule has 0 aliphatic rings. The summed E-state index contributed by atoms with van der Waals surface area (Å²) < 4.78 is 0. The van der Waals surface area contributed by atoms with Crippen molar-refractivity contribution in [2.24, 2.45) is 0 Å². The third-order valence-corrected chi connectivity index (χ3v) is 0.693. The molecule has 40 valence electrons. The summed E-state index contributed by atoms with van der Waals surface area (Å²) in [5.74, 6) is 1.43. The smallest absolute Gasteiger partial charge is 0.0265 e. The molecule has 0 saturated heterocycles. The van der Waals surface area contributed by atoms with Crippen molar-refractivity contribution in [3.05, 3.63) is 25.0 Å². The minimum absolute atomic E-state index is 1.07. The van der Waals surface area contributed by atoms with Crippen LogP contribution in [0.5, 0.6) is 0 Å². The van der Waals surface area contributed by atoms with Crippen LogP contribution in [-0.4, -0.2) is 0 Å². The molecule has 0 aromatic heterocycles. The highest BCUT2D eigenvalue weighted by molar-refractivity contribution is 4.93. The van der Waals surface area contributed by atoms with Crippen molar-refractivity contribution >= 4 is 0 Å². The third-order valence-electron chi connectivity index (χ3n) is 0.693. The Balaban J connectivity index is 2.97. The van der Waals surface area contributed by atoms with Crippen LogP contribution in [0, 0.1) is 12.8 Å². The van der Waals surface area contributed by atoms with E-state index in [0.717, 1.165) is 6.42 Å². The summed E-state index contributed by atoms with van der Waals surface area (Å²) in [6, 6.07) is 0. The monoisotopic (exact) mass is 96.1 g/mol. The Morgan fingerprint density at radius 3 is 2.29 bits per heavy atom. The molecule has 0 spiro atoms. The van der Waals surface area contributed by atoms with E-state index in [1.165, 1.54) is 5.92 Å². The van der Waals surface area contributed by atoms with E-state index in [2.05, 4.69) is 26.8 Å². The van der Waals surface area contributed by atoms with E-state index >= 15 is 0 Å². The Bertz CT molecular complexity index is 51.1. The van der Waals surface area contributed by atoms with E-state index in [0.29, 0.717) is 0 Å². The molecular formula is C7H12. The lowest BCUT2D eigenvalue weighted by molar-refractivity contribution is 0.991. The van der Waals surface area contributed by atoms with E-state index in [9.17, 15) is 0 Å². The fourth-order valence-electron chi connectivity index (χ4n) is 0.319.